The van der Waals surface area contributed by atoms with Gasteiger partial charge in [-0.3, -0.25) is 0 Å². The van der Waals surface area contributed by atoms with Crippen molar-refractivity contribution in [2.45, 2.75) is 112 Å². The molecular formula is C32H54O2. The van der Waals surface area contributed by atoms with Gasteiger partial charge in [0.25, 0.3) is 0 Å². The van der Waals surface area contributed by atoms with E-state index in [0.29, 0.717) is 33.7 Å². The number of fused-ring (bicyclic) bond motifs is 7. The van der Waals surface area contributed by atoms with Gasteiger partial charge in [0.1, 0.15) is 0 Å². The SMILES string of the molecule is C=C(C)C1CCC2(COC)CCC3(C)C(CCC4C5(C)CCC(OC)C(C)(C)C5CCC43C)C12. The molecule has 0 aromatic carbocycles. The lowest BCUT2D eigenvalue weighted by Crippen LogP contribution is -2.67. The first kappa shape index (κ1) is 25.3. The van der Waals surface area contributed by atoms with Crippen molar-refractivity contribution >= 4 is 0 Å². The second-order valence-corrected chi connectivity index (χ2v) is 15.1. The van der Waals surface area contributed by atoms with Crippen LogP contribution in [-0.2, 0) is 9.47 Å². The molecule has 2 nitrogen and oxygen atoms in total. The molecule has 2 heteroatoms. The number of methoxy groups -OCH3 is 2. The second-order valence-electron chi connectivity index (χ2n) is 15.1. The lowest BCUT2D eigenvalue weighted by atomic mass is 9.32. The maximum absolute atomic E-state index is 6.06. The largest absolute Gasteiger partial charge is 0.384 e. The molecule has 5 aliphatic carbocycles. The molecule has 194 valence electrons. The van der Waals surface area contributed by atoms with Crippen molar-refractivity contribution in [2.24, 2.45) is 56.7 Å². The van der Waals surface area contributed by atoms with Crippen LogP contribution in [0.1, 0.15) is 106 Å². The number of hydrogen-bond acceptors (Lipinski definition) is 2. The fraction of sp³-hybridized carbons (Fsp3) is 0.938. The van der Waals surface area contributed by atoms with Gasteiger partial charge in [0.15, 0.2) is 0 Å². The smallest absolute Gasteiger partial charge is 0.0625 e. The molecule has 0 amide bonds. The molecule has 0 radical (unpaired) electrons. The topological polar surface area (TPSA) is 18.5 Å². The Morgan fingerprint density at radius 2 is 1.53 bits per heavy atom. The molecule has 0 N–H and O–H groups in total. The van der Waals surface area contributed by atoms with E-state index >= 15 is 0 Å². The molecule has 5 saturated carbocycles. The summed E-state index contributed by atoms with van der Waals surface area (Å²) in [5, 5.41) is 0. The highest BCUT2D eigenvalue weighted by atomic mass is 16.5. The van der Waals surface area contributed by atoms with E-state index in [1.54, 1.807) is 0 Å². The molecule has 5 fully saturated rings. The minimum absolute atomic E-state index is 0.275. The van der Waals surface area contributed by atoms with Gasteiger partial charge in [-0.2, -0.15) is 0 Å². The Morgan fingerprint density at radius 1 is 0.794 bits per heavy atom. The van der Waals surface area contributed by atoms with Crippen LogP contribution in [0, 0.1) is 56.7 Å². The summed E-state index contributed by atoms with van der Waals surface area (Å²) in [7, 11) is 3.88. The van der Waals surface area contributed by atoms with Crippen molar-refractivity contribution in [2.75, 3.05) is 20.8 Å². The van der Waals surface area contributed by atoms with E-state index in [-0.39, 0.29) is 5.41 Å². The molecule has 34 heavy (non-hydrogen) atoms. The Labute approximate surface area is 211 Å². The average Bonchev–Trinajstić information content (AvgIpc) is 3.14. The quantitative estimate of drug-likeness (QED) is 0.385. The molecule has 0 aromatic rings. The van der Waals surface area contributed by atoms with Crippen molar-refractivity contribution in [1.29, 1.82) is 0 Å². The monoisotopic (exact) mass is 470 g/mol. The zero-order chi connectivity index (χ0) is 24.7. The van der Waals surface area contributed by atoms with Crippen LogP contribution in [0.15, 0.2) is 12.2 Å². The Hall–Kier alpha value is -0.340. The van der Waals surface area contributed by atoms with Gasteiger partial charge in [-0.1, -0.05) is 46.8 Å². The van der Waals surface area contributed by atoms with Crippen LogP contribution >= 0.6 is 0 Å². The van der Waals surface area contributed by atoms with Gasteiger partial charge in [0.05, 0.1) is 12.7 Å². The first-order valence-corrected chi connectivity index (χ1v) is 14.6. The van der Waals surface area contributed by atoms with Crippen LogP contribution in [0.5, 0.6) is 0 Å². The van der Waals surface area contributed by atoms with Gasteiger partial charge in [-0.15, -0.1) is 0 Å². The number of ether oxygens (including phenoxy) is 2. The summed E-state index contributed by atoms with van der Waals surface area (Å²) in [6.07, 6.45) is 14.1. The first-order chi connectivity index (χ1) is 15.9. The van der Waals surface area contributed by atoms with Gasteiger partial charge in [0.2, 0.25) is 0 Å². The third kappa shape index (κ3) is 3.06. The summed E-state index contributed by atoms with van der Waals surface area (Å²) in [5.41, 5.74) is 3.44. The van der Waals surface area contributed by atoms with Crippen molar-refractivity contribution in [3.63, 3.8) is 0 Å². The lowest BCUT2D eigenvalue weighted by Gasteiger charge is -2.73. The predicted octanol–water partition coefficient (Wildman–Crippen LogP) is 8.31. The summed E-state index contributed by atoms with van der Waals surface area (Å²) >= 11 is 0. The Balaban J connectivity index is 1.53. The predicted molar refractivity (Wildman–Crippen MR) is 142 cm³/mol. The van der Waals surface area contributed by atoms with Gasteiger partial charge in [-0.25, -0.2) is 0 Å². The molecule has 0 spiro atoms. The fourth-order valence-electron chi connectivity index (χ4n) is 12.2. The summed E-state index contributed by atoms with van der Waals surface area (Å²) in [4.78, 5) is 0. The van der Waals surface area contributed by atoms with E-state index in [1.807, 2.05) is 14.2 Å². The molecule has 10 atom stereocenters. The highest BCUT2D eigenvalue weighted by Crippen LogP contribution is 2.77. The Kier molecular flexibility index (Phi) is 6.01. The van der Waals surface area contributed by atoms with Gasteiger partial charge < -0.3 is 9.47 Å². The summed E-state index contributed by atoms with van der Waals surface area (Å²) in [6, 6.07) is 0. The zero-order valence-corrected chi connectivity index (χ0v) is 23.8. The van der Waals surface area contributed by atoms with Crippen LogP contribution in [0.2, 0.25) is 0 Å². The average molecular weight is 471 g/mol. The summed E-state index contributed by atoms with van der Waals surface area (Å²) in [5.74, 6) is 3.92. The molecule has 10 unspecified atom stereocenters. The van der Waals surface area contributed by atoms with Crippen molar-refractivity contribution < 1.29 is 9.47 Å². The molecule has 0 aromatic heterocycles. The normalized spacial score (nSPS) is 53.9. The third-order valence-corrected chi connectivity index (χ3v) is 13.9. The van der Waals surface area contributed by atoms with Crippen molar-refractivity contribution in [3.05, 3.63) is 12.2 Å². The lowest BCUT2D eigenvalue weighted by molar-refractivity contribution is -0.251. The van der Waals surface area contributed by atoms with Gasteiger partial charge >= 0.3 is 0 Å². The fourth-order valence-corrected chi connectivity index (χ4v) is 12.2. The van der Waals surface area contributed by atoms with Crippen LogP contribution in [-0.4, -0.2) is 26.9 Å². The maximum Gasteiger partial charge on any atom is 0.0625 e. The molecule has 0 bridgehead atoms. The number of allylic oxidation sites excluding steroid dienone is 1. The maximum atomic E-state index is 6.06. The Bertz CT molecular complexity index is 816. The van der Waals surface area contributed by atoms with E-state index in [2.05, 4.69) is 48.1 Å². The zero-order valence-electron chi connectivity index (χ0n) is 23.8. The van der Waals surface area contributed by atoms with Crippen LogP contribution in [0.25, 0.3) is 0 Å². The summed E-state index contributed by atoms with van der Waals surface area (Å²) < 4.78 is 12.0. The third-order valence-electron chi connectivity index (χ3n) is 13.9. The van der Waals surface area contributed by atoms with E-state index in [4.69, 9.17) is 9.47 Å². The molecule has 0 heterocycles. The number of rotatable bonds is 4. The van der Waals surface area contributed by atoms with E-state index < -0.39 is 0 Å². The van der Waals surface area contributed by atoms with E-state index in [9.17, 15) is 0 Å². The molecule has 0 saturated heterocycles. The number of hydrogen-bond donors (Lipinski definition) is 0. The molecule has 5 aliphatic rings. The van der Waals surface area contributed by atoms with Crippen LogP contribution in [0.3, 0.4) is 0 Å². The van der Waals surface area contributed by atoms with Crippen LogP contribution in [0.4, 0.5) is 0 Å². The second kappa shape index (κ2) is 8.08. The molecule has 5 rings (SSSR count). The standard InChI is InChI=1S/C32H54O2/c1-21(2)22-12-17-32(20-33-8)19-18-30(6)23(27(22)32)10-11-25-29(5)15-14-26(34-9)28(3,4)24(29)13-16-31(25,30)7/h22-27H,1,10-20H2,2-9H3. The molecular weight excluding hydrogens is 416 g/mol. The van der Waals surface area contributed by atoms with Gasteiger partial charge in [-0.05, 0) is 128 Å². The van der Waals surface area contributed by atoms with Crippen LogP contribution < -0.4 is 0 Å². The minimum Gasteiger partial charge on any atom is -0.384 e. The Morgan fingerprint density at radius 3 is 2.18 bits per heavy atom. The highest BCUT2D eigenvalue weighted by molar-refractivity contribution is 5.21. The van der Waals surface area contributed by atoms with E-state index in [1.165, 1.54) is 69.8 Å². The molecule has 0 aliphatic heterocycles. The van der Waals surface area contributed by atoms with E-state index in [0.717, 1.165) is 30.3 Å². The first-order valence-electron chi connectivity index (χ1n) is 14.6. The van der Waals surface area contributed by atoms with Gasteiger partial charge in [0, 0.05) is 14.2 Å². The van der Waals surface area contributed by atoms with Crippen molar-refractivity contribution in [3.8, 4) is 0 Å². The summed E-state index contributed by atoms with van der Waals surface area (Å²) in [6.45, 7) is 21.1. The van der Waals surface area contributed by atoms with Crippen molar-refractivity contribution in [1.82, 2.24) is 0 Å². The minimum atomic E-state index is 0.275. The highest BCUT2D eigenvalue weighted by Gasteiger charge is 2.70.